The largest absolute Gasteiger partial charge is 0.396 e. The number of aliphatic hydroxyl groups is 1. The van der Waals surface area contributed by atoms with Crippen LogP contribution in [0.4, 0.5) is 5.95 Å². The van der Waals surface area contributed by atoms with E-state index in [4.69, 9.17) is 17.3 Å². The number of rotatable bonds is 2. The monoisotopic (exact) mass is 283 g/mol. The van der Waals surface area contributed by atoms with Crippen LogP contribution >= 0.6 is 11.6 Å². The molecule has 1 aliphatic rings. The minimum atomic E-state index is -0.264. The Balaban J connectivity index is 2.13. The van der Waals surface area contributed by atoms with E-state index >= 15 is 0 Å². The Bertz CT molecular complexity index is 680. The molecule has 0 amide bonds. The maximum Gasteiger partial charge on any atom is 0.328 e. The molecule has 0 radical (unpaired) electrons. The molecule has 1 saturated carbocycles. The maximum absolute atomic E-state index is 12.1. The predicted octanol–water partition coefficient (Wildman–Crippen LogP) is 0.689. The van der Waals surface area contributed by atoms with Gasteiger partial charge in [0.2, 0.25) is 5.95 Å². The highest BCUT2D eigenvalue weighted by molar-refractivity contribution is 6.33. The molecule has 0 aliphatic heterocycles. The van der Waals surface area contributed by atoms with Gasteiger partial charge < -0.3 is 15.8 Å². The zero-order valence-electron chi connectivity index (χ0n) is 10.1. The third-order valence-corrected chi connectivity index (χ3v) is 3.95. The predicted molar refractivity (Wildman–Crippen MR) is 71.0 cm³/mol. The lowest BCUT2D eigenvalue weighted by Gasteiger charge is -2.11. The molecular formula is C11H14ClN5O2. The Hall–Kier alpha value is -1.60. The molecule has 2 unspecified atom stereocenters. The molecule has 2 atom stereocenters. The second kappa shape index (κ2) is 4.50. The standard InChI is InChI=1S/C11H14ClN5O2/c12-8-7-9(16-10(13)15-8)17(11(19)14-7)6-2-1-5(3-6)4-18/h5-6,18H,1-4H2,(H,14,19)(H2,13,15,16). The molecule has 19 heavy (non-hydrogen) atoms. The molecule has 0 bridgehead atoms. The van der Waals surface area contributed by atoms with Crippen molar-refractivity contribution in [3.05, 3.63) is 15.6 Å². The number of aromatic nitrogens is 4. The number of aliphatic hydroxyl groups excluding tert-OH is 1. The van der Waals surface area contributed by atoms with E-state index in [1.165, 1.54) is 0 Å². The number of hydrogen-bond donors (Lipinski definition) is 3. The number of halogens is 1. The fraction of sp³-hybridized carbons (Fsp3) is 0.545. The van der Waals surface area contributed by atoms with E-state index in [9.17, 15) is 9.90 Å². The number of imidazole rings is 1. The quantitative estimate of drug-likeness (QED) is 0.702. The van der Waals surface area contributed by atoms with E-state index < -0.39 is 0 Å². The summed E-state index contributed by atoms with van der Waals surface area (Å²) in [6.45, 7) is 0.144. The van der Waals surface area contributed by atoms with Gasteiger partial charge in [-0.3, -0.25) is 4.57 Å². The summed E-state index contributed by atoms with van der Waals surface area (Å²) in [6.07, 6.45) is 2.49. The van der Waals surface area contributed by atoms with Gasteiger partial charge in [0.25, 0.3) is 0 Å². The lowest BCUT2D eigenvalue weighted by Crippen LogP contribution is -2.21. The van der Waals surface area contributed by atoms with Crippen LogP contribution in [0, 0.1) is 5.92 Å². The summed E-state index contributed by atoms with van der Waals surface area (Å²) in [5, 5.41) is 9.34. The molecule has 0 aromatic carbocycles. The third-order valence-electron chi connectivity index (χ3n) is 3.68. The fourth-order valence-electron chi connectivity index (χ4n) is 2.77. The Kier molecular flexibility index (Phi) is 2.94. The zero-order chi connectivity index (χ0) is 13.6. The molecule has 0 spiro atoms. The number of aromatic amines is 1. The Morgan fingerprint density at radius 2 is 2.26 bits per heavy atom. The number of fused-ring (bicyclic) bond motifs is 1. The topological polar surface area (TPSA) is 110 Å². The lowest BCUT2D eigenvalue weighted by molar-refractivity contribution is 0.226. The Morgan fingerprint density at radius 1 is 1.47 bits per heavy atom. The van der Waals surface area contributed by atoms with Crippen molar-refractivity contribution in [3.8, 4) is 0 Å². The van der Waals surface area contributed by atoms with E-state index in [0.29, 0.717) is 11.2 Å². The first kappa shape index (κ1) is 12.4. The molecular weight excluding hydrogens is 270 g/mol. The SMILES string of the molecule is Nc1nc(Cl)c2[nH]c(=O)n(C3CCC(CO)C3)c2n1. The molecule has 3 rings (SSSR count). The first-order valence-electron chi connectivity index (χ1n) is 6.14. The lowest BCUT2D eigenvalue weighted by atomic mass is 10.1. The van der Waals surface area contributed by atoms with E-state index in [1.807, 2.05) is 0 Å². The summed E-state index contributed by atoms with van der Waals surface area (Å²) in [5.74, 6) is 0.276. The zero-order valence-corrected chi connectivity index (χ0v) is 10.9. The minimum absolute atomic E-state index is 0.0174. The summed E-state index contributed by atoms with van der Waals surface area (Å²) < 4.78 is 1.58. The Labute approximate surface area is 113 Å². The van der Waals surface area contributed by atoms with Crippen molar-refractivity contribution >= 4 is 28.7 Å². The summed E-state index contributed by atoms with van der Waals surface area (Å²) in [6, 6.07) is 0.0174. The van der Waals surface area contributed by atoms with Crippen LogP contribution in [0.1, 0.15) is 25.3 Å². The first-order valence-corrected chi connectivity index (χ1v) is 6.52. The number of H-pyrrole nitrogens is 1. The van der Waals surface area contributed by atoms with Crippen molar-refractivity contribution < 1.29 is 5.11 Å². The van der Waals surface area contributed by atoms with Crippen LogP contribution in [0.5, 0.6) is 0 Å². The third kappa shape index (κ3) is 1.98. The second-order valence-electron chi connectivity index (χ2n) is 4.89. The van der Waals surface area contributed by atoms with Crippen molar-refractivity contribution in [2.45, 2.75) is 25.3 Å². The van der Waals surface area contributed by atoms with Crippen molar-refractivity contribution in [3.63, 3.8) is 0 Å². The summed E-state index contributed by atoms with van der Waals surface area (Å²) in [4.78, 5) is 22.7. The van der Waals surface area contributed by atoms with E-state index in [2.05, 4.69) is 15.0 Å². The number of nitrogens with zero attached hydrogens (tertiary/aromatic N) is 3. The van der Waals surface area contributed by atoms with Crippen molar-refractivity contribution in [2.75, 3.05) is 12.3 Å². The van der Waals surface area contributed by atoms with E-state index in [-0.39, 0.29) is 35.4 Å². The summed E-state index contributed by atoms with van der Waals surface area (Å²) >= 11 is 5.96. The van der Waals surface area contributed by atoms with Crippen LogP contribution in [0.25, 0.3) is 11.2 Å². The molecule has 2 heterocycles. The number of nitrogen functional groups attached to an aromatic ring is 1. The molecule has 2 aromatic rings. The second-order valence-corrected chi connectivity index (χ2v) is 5.24. The minimum Gasteiger partial charge on any atom is -0.396 e. The molecule has 102 valence electrons. The number of nitrogens with two attached hydrogens (primary N) is 1. The van der Waals surface area contributed by atoms with Crippen molar-refractivity contribution in [1.82, 2.24) is 19.5 Å². The molecule has 1 fully saturated rings. The van der Waals surface area contributed by atoms with E-state index in [1.54, 1.807) is 4.57 Å². The molecule has 2 aromatic heterocycles. The highest BCUT2D eigenvalue weighted by Crippen LogP contribution is 2.35. The van der Waals surface area contributed by atoms with Crippen molar-refractivity contribution in [2.24, 2.45) is 5.92 Å². The van der Waals surface area contributed by atoms with Gasteiger partial charge in [-0.05, 0) is 25.2 Å². The average Bonchev–Trinajstić information content (AvgIpc) is 2.93. The molecule has 4 N–H and O–H groups in total. The van der Waals surface area contributed by atoms with Crippen LogP contribution in [-0.2, 0) is 0 Å². The van der Waals surface area contributed by atoms with Gasteiger partial charge >= 0.3 is 5.69 Å². The fourth-order valence-corrected chi connectivity index (χ4v) is 2.99. The van der Waals surface area contributed by atoms with Crippen LogP contribution in [0.2, 0.25) is 5.15 Å². The smallest absolute Gasteiger partial charge is 0.328 e. The highest BCUT2D eigenvalue weighted by Gasteiger charge is 2.28. The van der Waals surface area contributed by atoms with Crippen molar-refractivity contribution in [1.29, 1.82) is 0 Å². The van der Waals surface area contributed by atoms with Gasteiger partial charge in [-0.25, -0.2) is 4.79 Å². The molecule has 1 aliphatic carbocycles. The highest BCUT2D eigenvalue weighted by atomic mass is 35.5. The Morgan fingerprint density at radius 3 is 2.95 bits per heavy atom. The molecule has 8 heteroatoms. The maximum atomic E-state index is 12.1. The molecule has 0 saturated heterocycles. The van der Waals surface area contributed by atoms with Crippen LogP contribution < -0.4 is 11.4 Å². The van der Waals surface area contributed by atoms with Gasteiger partial charge in [-0.2, -0.15) is 9.97 Å². The van der Waals surface area contributed by atoms with Gasteiger partial charge in [0.05, 0.1) is 0 Å². The molecule has 7 nitrogen and oxygen atoms in total. The number of hydrogen-bond acceptors (Lipinski definition) is 5. The van der Waals surface area contributed by atoms with Gasteiger partial charge in [0.1, 0.15) is 5.52 Å². The normalized spacial score (nSPS) is 23.3. The van der Waals surface area contributed by atoms with Gasteiger partial charge in [-0.1, -0.05) is 11.6 Å². The number of nitrogens with one attached hydrogen (secondary N) is 1. The van der Waals surface area contributed by atoms with E-state index in [0.717, 1.165) is 19.3 Å². The summed E-state index contributed by atoms with van der Waals surface area (Å²) in [7, 11) is 0. The average molecular weight is 284 g/mol. The van der Waals surface area contributed by atoms with Gasteiger partial charge in [0.15, 0.2) is 10.8 Å². The van der Waals surface area contributed by atoms with Crippen LogP contribution in [-0.4, -0.2) is 31.2 Å². The van der Waals surface area contributed by atoms with Crippen LogP contribution in [0.15, 0.2) is 4.79 Å². The van der Waals surface area contributed by atoms with Crippen LogP contribution in [0.3, 0.4) is 0 Å². The van der Waals surface area contributed by atoms with Gasteiger partial charge in [0, 0.05) is 12.6 Å². The first-order chi connectivity index (χ1) is 9.10. The van der Waals surface area contributed by atoms with Gasteiger partial charge in [-0.15, -0.1) is 0 Å². The summed E-state index contributed by atoms with van der Waals surface area (Å²) in [5.41, 5.74) is 6.16. The number of anilines is 1.